The van der Waals surface area contributed by atoms with Crippen LogP contribution >= 0.6 is 27.5 Å². The molecule has 90 valence electrons. The molecule has 6 nitrogen and oxygen atoms in total. The van der Waals surface area contributed by atoms with E-state index < -0.39 is 0 Å². The van der Waals surface area contributed by atoms with Gasteiger partial charge in [0.2, 0.25) is 5.95 Å². The van der Waals surface area contributed by atoms with Gasteiger partial charge in [0.1, 0.15) is 5.02 Å². The predicted octanol–water partition coefficient (Wildman–Crippen LogP) is 1.98. The first-order valence-corrected chi connectivity index (χ1v) is 5.93. The van der Waals surface area contributed by atoms with Crippen LogP contribution in [-0.4, -0.2) is 19.7 Å². The number of hydrazine groups is 1. The first-order chi connectivity index (χ1) is 8.04. The maximum Gasteiger partial charge on any atom is 0.239 e. The fraction of sp³-hybridized carbons (Fsp3) is 0.222. The Morgan fingerprint density at radius 3 is 2.71 bits per heavy atom. The third-order valence-corrected chi connectivity index (χ3v) is 3.67. The van der Waals surface area contributed by atoms with Crippen molar-refractivity contribution < 1.29 is 0 Å². The quantitative estimate of drug-likeness (QED) is 0.654. The van der Waals surface area contributed by atoms with E-state index in [0.29, 0.717) is 10.8 Å². The van der Waals surface area contributed by atoms with Gasteiger partial charge in [-0.2, -0.15) is 10.1 Å². The molecule has 0 aromatic carbocycles. The maximum atomic E-state index is 6.05. The molecule has 3 N–H and O–H groups in total. The molecule has 0 spiro atoms. The number of hydrogen-bond acceptors (Lipinski definition) is 5. The lowest BCUT2D eigenvalue weighted by Gasteiger charge is -2.07. The first kappa shape index (κ1) is 12.3. The number of rotatable bonds is 2. The fourth-order valence-corrected chi connectivity index (χ4v) is 1.82. The van der Waals surface area contributed by atoms with Crippen molar-refractivity contribution in [1.29, 1.82) is 0 Å². The first-order valence-electron chi connectivity index (χ1n) is 4.76. The number of aromatic nitrogens is 4. The summed E-state index contributed by atoms with van der Waals surface area (Å²) in [5.74, 6) is 6.04. The number of halogens is 2. The fourth-order valence-electron chi connectivity index (χ4n) is 1.41. The highest BCUT2D eigenvalue weighted by atomic mass is 79.9. The van der Waals surface area contributed by atoms with Crippen LogP contribution < -0.4 is 11.3 Å². The highest BCUT2D eigenvalue weighted by molar-refractivity contribution is 9.10. The van der Waals surface area contributed by atoms with Crippen LogP contribution in [0.1, 0.15) is 11.4 Å². The molecular formula is C9H10BrClN6. The number of anilines is 1. The van der Waals surface area contributed by atoms with Crippen LogP contribution in [-0.2, 0) is 0 Å². The number of nitrogens with two attached hydrogens (primary N) is 1. The molecule has 0 unspecified atom stereocenters. The minimum atomic E-state index is 0.285. The van der Waals surface area contributed by atoms with Crippen LogP contribution in [0, 0.1) is 13.8 Å². The Labute approximate surface area is 111 Å². The van der Waals surface area contributed by atoms with E-state index in [1.165, 1.54) is 6.20 Å². The molecular weight excluding hydrogens is 307 g/mol. The maximum absolute atomic E-state index is 6.05. The summed E-state index contributed by atoms with van der Waals surface area (Å²) in [5, 5.41) is 4.75. The number of nitrogens with zero attached hydrogens (tertiary/aromatic N) is 4. The lowest BCUT2D eigenvalue weighted by molar-refractivity contribution is 0.801. The van der Waals surface area contributed by atoms with Crippen molar-refractivity contribution in [1.82, 2.24) is 19.7 Å². The summed E-state index contributed by atoms with van der Waals surface area (Å²) in [7, 11) is 0. The second-order valence-electron chi connectivity index (χ2n) is 3.41. The van der Waals surface area contributed by atoms with Crippen molar-refractivity contribution in [3.05, 3.63) is 27.1 Å². The topological polar surface area (TPSA) is 81.7 Å². The van der Waals surface area contributed by atoms with Crippen molar-refractivity contribution in [2.75, 3.05) is 5.43 Å². The van der Waals surface area contributed by atoms with Crippen molar-refractivity contribution >= 4 is 33.5 Å². The second kappa shape index (κ2) is 4.59. The lowest BCUT2D eigenvalue weighted by Crippen LogP contribution is -2.13. The summed E-state index contributed by atoms with van der Waals surface area (Å²) in [4.78, 5) is 8.09. The van der Waals surface area contributed by atoms with Crippen molar-refractivity contribution in [2.45, 2.75) is 13.8 Å². The molecule has 0 atom stereocenters. The Morgan fingerprint density at radius 1 is 1.47 bits per heavy atom. The summed E-state index contributed by atoms with van der Waals surface area (Å²) in [6, 6.07) is 0. The minimum absolute atomic E-state index is 0.285. The van der Waals surface area contributed by atoms with Crippen LogP contribution in [0.25, 0.3) is 5.82 Å². The van der Waals surface area contributed by atoms with Gasteiger partial charge in [-0.1, -0.05) is 11.6 Å². The van der Waals surface area contributed by atoms with Crippen LogP contribution in [0.5, 0.6) is 0 Å². The van der Waals surface area contributed by atoms with Crippen LogP contribution in [0.15, 0.2) is 10.7 Å². The van der Waals surface area contributed by atoms with E-state index in [1.807, 2.05) is 13.8 Å². The van der Waals surface area contributed by atoms with E-state index in [2.05, 4.69) is 36.4 Å². The standard InChI is InChI=1S/C9H10BrClN6/c1-4-7(10)5(2)17(16-4)8-6(11)3-13-9(14-8)15-12/h3H,12H2,1-2H3,(H,13,14,15). The highest BCUT2D eigenvalue weighted by Gasteiger charge is 2.14. The normalized spacial score (nSPS) is 10.6. The van der Waals surface area contributed by atoms with Crippen LogP contribution in [0.2, 0.25) is 5.02 Å². The van der Waals surface area contributed by atoms with E-state index in [9.17, 15) is 0 Å². The number of hydrogen-bond donors (Lipinski definition) is 2. The SMILES string of the molecule is Cc1nn(-c2nc(NN)ncc2Cl)c(C)c1Br. The van der Waals surface area contributed by atoms with E-state index >= 15 is 0 Å². The molecule has 8 heteroatoms. The molecule has 2 aromatic heterocycles. The predicted molar refractivity (Wildman–Crippen MR) is 69.1 cm³/mol. The van der Waals surface area contributed by atoms with E-state index in [1.54, 1.807) is 4.68 Å². The Hall–Kier alpha value is -1.18. The van der Waals surface area contributed by atoms with Gasteiger partial charge in [0.15, 0.2) is 5.82 Å². The average molecular weight is 318 g/mol. The Balaban J connectivity index is 2.63. The molecule has 0 bridgehead atoms. The molecule has 0 amide bonds. The average Bonchev–Trinajstić information content (AvgIpc) is 2.58. The monoisotopic (exact) mass is 316 g/mol. The largest absolute Gasteiger partial charge is 0.292 e. The molecule has 0 aliphatic rings. The van der Waals surface area contributed by atoms with Gasteiger partial charge in [0.05, 0.1) is 22.1 Å². The summed E-state index contributed by atoms with van der Waals surface area (Å²) in [6.45, 7) is 3.81. The zero-order chi connectivity index (χ0) is 12.6. The number of nitrogen functional groups attached to an aromatic ring is 1. The zero-order valence-corrected chi connectivity index (χ0v) is 11.5. The Morgan fingerprint density at radius 2 is 2.18 bits per heavy atom. The zero-order valence-electron chi connectivity index (χ0n) is 9.20. The molecule has 17 heavy (non-hydrogen) atoms. The van der Waals surface area contributed by atoms with Gasteiger partial charge in [0.25, 0.3) is 0 Å². The minimum Gasteiger partial charge on any atom is -0.292 e. The van der Waals surface area contributed by atoms with Gasteiger partial charge < -0.3 is 0 Å². The molecule has 2 rings (SSSR count). The van der Waals surface area contributed by atoms with E-state index in [0.717, 1.165) is 15.9 Å². The van der Waals surface area contributed by atoms with Crippen molar-refractivity contribution in [2.24, 2.45) is 5.84 Å². The van der Waals surface area contributed by atoms with Gasteiger partial charge in [-0.25, -0.2) is 15.5 Å². The summed E-state index contributed by atoms with van der Waals surface area (Å²) in [5.41, 5.74) is 4.14. The third kappa shape index (κ3) is 2.13. The molecule has 2 aromatic rings. The molecule has 0 radical (unpaired) electrons. The van der Waals surface area contributed by atoms with Gasteiger partial charge in [-0.15, -0.1) is 0 Å². The van der Waals surface area contributed by atoms with Crippen molar-refractivity contribution in [3.8, 4) is 5.82 Å². The van der Waals surface area contributed by atoms with E-state index in [-0.39, 0.29) is 5.95 Å². The molecule has 2 heterocycles. The summed E-state index contributed by atoms with van der Waals surface area (Å²) >= 11 is 9.50. The lowest BCUT2D eigenvalue weighted by atomic mass is 10.4. The highest BCUT2D eigenvalue weighted by Crippen LogP contribution is 2.25. The van der Waals surface area contributed by atoms with Gasteiger partial charge in [0, 0.05) is 0 Å². The Kier molecular flexibility index (Phi) is 3.32. The molecule has 0 aliphatic heterocycles. The third-order valence-electron chi connectivity index (χ3n) is 2.26. The summed E-state index contributed by atoms with van der Waals surface area (Å²) in [6.07, 6.45) is 1.48. The summed E-state index contributed by atoms with van der Waals surface area (Å²) < 4.78 is 2.57. The van der Waals surface area contributed by atoms with Gasteiger partial charge in [-0.3, -0.25) is 5.43 Å². The van der Waals surface area contributed by atoms with Crippen molar-refractivity contribution in [3.63, 3.8) is 0 Å². The van der Waals surface area contributed by atoms with Gasteiger partial charge >= 0.3 is 0 Å². The number of aryl methyl sites for hydroxylation is 1. The second-order valence-corrected chi connectivity index (χ2v) is 4.61. The molecule has 0 aliphatic carbocycles. The molecule has 0 saturated carbocycles. The van der Waals surface area contributed by atoms with Crippen LogP contribution in [0.4, 0.5) is 5.95 Å². The molecule has 0 fully saturated rings. The number of nitrogens with one attached hydrogen (secondary N) is 1. The molecule has 0 saturated heterocycles. The van der Waals surface area contributed by atoms with Crippen LogP contribution in [0.3, 0.4) is 0 Å². The Bertz CT molecular complexity index is 567. The smallest absolute Gasteiger partial charge is 0.239 e. The van der Waals surface area contributed by atoms with Gasteiger partial charge in [-0.05, 0) is 29.8 Å². The van der Waals surface area contributed by atoms with E-state index in [4.69, 9.17) is 17.4 Å².